The van der Waals surface area contributed by atoms with Crippen molar-refractivity contribution in [3.8, 4) is 11.5 Å². The third-order valence-electron chi connectivity index (χ3n) is 3.06. The highest BCUT2D eigenvalue weighted by Crippen LogP contribution is 2.20. The van der Waals surface area contributed by atoms with Crippen LogP contribution in [0.25, 0.3) is 0 Å². The topological polar surface area (TPSA) is 42.8 Å². The van der Waals surface area contributed by atoms with Crippen molar-refractivity contribution in [1.82, 2.24) is 0 Å². The van der Waals surface area contributed by atoms with Crippen LogP contribution in [0.3, 0.4) is 0 Å². The molecule has 0 radical (unpaired) electrons. The molecule has 1 N–H and O–H groups in total. The number of hydrogen-bond acceptors (Lipinski definition) is 3. The van der Waals surface area contributed by atoms with E-state index in [-0.39, 0.29) is 12.2 Å². The summed E-state index contributed by atoms with van der Waals surface area (Å²) in [6.07, 6.45) is 0.347. The predicted molar refractivity (Wildman–Crippen MR) is 101 cm³/mol. The summed E-state index contributed by atoms with van der Waals surface area (Å²) in [7, 11) is 0. The van der Waals surface area contributed by atoms with Crippen molar-refractivity contribution >= 4 is 17.2 Å². The van der Waals surface area contributed by atoms with Gasteiger partial charge in [0.25, 0.3) is 0 Å². The van der Waals surface area contributed by atoms with Gasteiger partial charge in [-0.25, -0.2) is 4.99 Å². The lowest BCUT2D eigenvalue weighted by Crippen LogP contribution is -2.08. The van der Waals surface area contributed by atoms with E-state index < -0.39 is 0 Å². The van der Waals surface area contributed by atoms with Gasteiger partial charge in [0.2, 0.25) is 0 Å². The Hall–Kier alpha value is -2.49. The van der Waals surface area contributed by atoms with Gasteiger partial charge in [0.05, 0.1) is 17.9 Å². The van der Waals surface area contributed by atoms with Crippen molar-refractivity contribution in [1.29, 1.82) is 0 Å². The van der Waals surface area contributed by atoms with Crippen molar-refractivity contribution in [3.63, 3.8) is 0 Å². The number of amidine groups is 1. The molecular formula is C20H26N2O2. The van der Waals surface area contributed by atoms with E-state index in [2.05, 4.69) is 10.3 Å². The number of benzene rings is 2. The fourth-order valence-electron chi connectivity index (χ4n) is 2.19. The van der Waals surface area contributed by atoms with Crippen molar-refractivity contribution in [2.45, 2.75) is 46.8 Å². The molecule has 0 unspecified atom stereocenters. The highest BCUT2D eigenvalue weighted by molar-refractivity contribution is 5.95. The quantitative estimate of drug-likeness (QED) is 0.569. The molecule has 24 heavy (non-hydrogen) atoms. The van der Waals surface area contributed by atoms with E-state index >= 15 is 0 Å². The molecule has 0 heterocycles. The first-order chi connectivity index (χ1) is 11.4. The number of nitrogens with zero attached hydrogens (tertiary/aromatic N) is 1. The second kappa shape index (κ2) is 8.39. The summed E-state index contributed by atoms with van der Waals surface area (Å²) in [6, 6.07) is 15.6. The fourth-order valence-corrected chi connectivity index (χ4v) is 2.19. The third kappa shape index (κ3) is 5.95. The Labute approximate surface area is 144 Å². The van der Waals surface area contributed by atoms with Crippen molar-refractivity contribution < 1.29 is 9.47 Å². The van der Waals surface area contributed by atoms with Gasteiger partial charge in [-0.1, -0.05) is 0 Å². The Kier molecular flexibility index (Phi) is 6.24. The lowest BCUT2D eigenvalue weighted by molar-refractivity contribution is 0.242. The number of aliphatic imine (C=N–C) groups is 1. The van der Waals surface area contributed by atoms with Crippen LogP contribution in [0.4, 0.5) is 11.4 Å². The highest BCUT2D eigenvalue weighted by Gasteiger charge is 2.00. The molecule has 0 aliphatic rings. The molecule has 128 valence electrons. The number of anilines is 1. The van der Waals surface area contributed by atoms with Gasteiger partial charge >= 0.3 is 0 Å². The van der Waals surface area contributed by atoms with Crippen LogP contribution in [0.1, 0.15) is 34.6 Å². The molecule has 0 aliphatic heterocycles. The first kappa shape index (κ1) is 17.9. The molecule has 0 amide bonds. The summed E-state index contributed by atoms with van der Waals surface area (Å²) in [5.41, 5.74) is 1.86. The van der Waals surface area contributed by atoms with Gasteiger partial charge in [-0.2, -0.15) is 0 Å². The predicted octanol–water partition coefficient (Wildman–Crippen LogP) is 5.42. The Morgan fingerprint density at radius 3 is 1.71 bits per heavy atom. The van der Waals surface area contributed by atoms with Gasteiger partial charge in [0.1, 0.15) is 17.3 Å². The minimum atomic E-state index is 0.172. The van der Waals surface area contributed by atoms with E-state index in [9.17, 15) is 0 Å². The Bertz CT molecular complexity index is 659. The zero-order chi connectivity index (χ0) is 17.5. The molecule has 4 heteroatoms. The zero-order valence-corrected chi connectivity index (χ0v) is 15.0. The van der Waals surface area contributed by atoms with Gasteiger partial charge in [-0.05, 0) is 83.1 Å². The Morgan fingerprint density at radius 1 is 0.792 bits per heavy atom. The standard InChI is InChI=1S/C20H26N2O2/c1-14(2)23-19-10-6-17(7-11-19)21-16(5)22-18-8-12-20(13-9-18)24-15(3)4/h6-15H,1-5H3,(H,21,22). The summed E-state index contributed by atoms with van der Waals surface area (Å²) in [6.45, 7) is 9.99. The minimum Gasteiger partial charge on any atom is -0.491 e. The second-order valence-corrected chi connectivity index (χ2v) is 6.17. The van der Waals surface area contributed by atoms with E-state index in [1.54, 1.807) is 0 Å². The van der Waals surface area contributed by atoms with Crippen LogP contribution >= 0.6 is 0 Å². The molecule has 0 saturated carbocycles. The van der Waals surface area contributed by atoms with Crippen LogP contribution in [0.5, 0.6) is 11.5 Å². The molecule has 4 nitrogen and oxygen atoms in total. The van der Waals surface area contributed by atoms with E-state index in [1.807, 2.05) is 83.1 Å². The summed E-state index contributed by atoms with van der Waals surface area (Å²) in [5, 5.41) is 3.28. The number of rotatable bonds is 6. The molecule has 0 aromatic heterocycles. The largest absolute Gasteiger partial charge is 0.491 e. The summed E-state index contributed by atoms with van der Waals surface area (Å²) in [4.78, 5) is 4.56. The van der Waals surface area contributed by atoms with Gasteiger partial charge in [0, 0.05) is 5.69 Å². The second-order valence-electron chi connectivity index (χ2n) is 6.17. The van der Waals surface area contributed by atoms with Crippen LogP contribution < -0.4 is 14.8 Å². The summed E-state index contributed by atoms with van der Waals surface area (Å²) in [5.74, 6) is 2.55. The van der Waals surface area contributed by atoms with E-state index in [4.69, 9.17) is 9.47 Å². The average Bonchev–Trinajstić information content (AvgIpc) is 2.50. The van der Waals surface area contributed by atoms with E-state index in [0.29, 0.717) is 0 Å². The van der Waals surface area contributed by atoms with Crippen molar-refractivity contribution in [3.05, 3.63) is 48.5 Å². The zero-order valence-electron chi connectivity index (χ0n) is 15.0. The number of ether oxygens (including phenoxy) is 2. The van der Waals surface area contributed by atoms with Gasteiger partial charge in [-0.15, -0.1) is 0 Å². The first-order valence-corrected chi connectivity index (χ1v) is 8.28. The van der Waals surface area contributed by atoms with Gasteiger partial charge in [0.15, 0.2) is 0 Å². The molecule has 0 atom stereocenters. The first-order valence-electron chi connectivity index (χ1n) is 8.28. The Morgan fingerprint density at radius 2 is 1.25 bits per heavy atom. The molecule has 0 bridgehead atoms. The van der Waals surface area contributed by atoms with Crippen LogP contribution in [-0.2, 0) is 0 Å². The lowest BCUT2D eigenvalue weighted by Gasteiger charge is -2.11. The maximum absolute atomic E-state index is 5.64. The summed E-state index contributed by atoms with van der Waals surface area (Å²) < 4.78 is 11.3. The van der Waals surface area contributed by atoms with E-state index in [1.165, 1.54) is 0 Å². The minimum absolute atomic E-state index is 0.172. The van der Waals surface area contributed by atoms with Gasteiger partial charge in [-0.3, -0.25) is 0 Å². The maximum Gasteiger partial charge on any atom is 0.119 e. The van der Waals surface area contributed by atoms with Crippen LogP contribution in [0.2, 0.25) is 0 Å². The molecule has 0 spiro atoms. The van der Waals surface area contributed by atoms with Crippen LogP contribution in [0, 0.1) is 0 Å². The molecular weight excluding hydrogens is 300 g/mol. The van der Waals surface area contributed by atoms with Crippen molar-refractivity contribution in [2.75, 3.05) is 5.32 Å². The monoisotopic (exact) mass is 326 g/mol. The van der Waals surface area contributed by atoms with Crippen molar-refractivity contribution in [2.24, 2.45) is 4.99 Å². The number of hydrogen-bond donors (Lipinski definition) is 1. The SMILES string of the molecule is CC(=Nc1ccc(OC(C)C)cc1)Nc1ccc(OC(C)C)cc1. The molecule has 2 aromatic carbocycles. The van der Waals surface area contributed by atoms with E-state index in [0.717, 1.165) is 28.7 Å². The summed E-state index contributed by atoms with van der Waals surface area (Å²) >= 11 is 0. The highest BCUT2D eigenvalue weighted by atomic mass is 16.5. The molecule has 0 saturated heterocycles. The number of nitrogens with one attached hydrogen (secondary N) is 1. The van der Waals surface area contributed by atoms with Crippen LogP contribution in [0.15, 0.2) is 53.5 Å². The fraction of sp³-hybridized carbons (Fsp3) is 0.350. The maximum atomic E-state index is 5.64. The Balaban J connectivity index is 1.98. The molecule has 0 aliphatic carbocycles. The molecule has 0 fully saturated rings. The molecule has 2 rings (SSSR count). The smallest absolute Gasteiger partial charge is 0.119 e. The van der Waals surface area contributed by atoms with Gasteiger partial charge < -0.3 is 14.8 Å². The lowest BCUT2D eigenvalue weighted by atomic mass is 10.3. The molecule has 2 aromatic rings. The van der Waals surface area contributed by atoms with Crippen LogP contribution in [-0.4, -0.2) is 18.0 Å². The average molecular weight is 326 g/mol. The third-order valence-corrected chi connectivity index (χ3v) is 3.06. The normalized spacial score (nSPS) is 11.7.